The van der Waals surface area contributed by atoms with Gasteiger partial charge in [-0.15, -0.1) is 0 Å². The Bertz CT molecular complexity index is 364. The predicted octanol–water partition coefficient (Wildman–Crippen LogP) is 2.24. The van der Waals surface area contributed by atoms with Crippen LogP contribution in [0.3, 0.4) is 0 Å². The Balaban J connectivity index is 3.47. The first-order valence-electron chi connectivity index (χ1n) is 4.17. The van der Waals surface area contributed by atoms with E-state index in [-0.39, 0.29) is 12.1 Å². The van der Waals surface area contributed by atoms with Crippen LogP contribution in [0.5, 0.6) is 0 Å². The van der Waals surface area contributed by atoms with Crippen molar-refractivity contribution < 1.29 is 9.18 Å². The standard InChI is InChI=1S/C10H11ClFNO/c1-5-3-7(11)6(2)9(10(5)12)8(14)4-13/h3H,4,13H2,1-2H3. The second-order valence-corrected chi connectivity index (χ2v) is 3.52. The van der Waals surface area contributed by atoms with E-state index < -0.39 is 11.6 Å². The van der Waals surface area contributed by atoms with E-state index in [2.05, 4.69) is 0 Å². The van der Waals surface area contributed by atoms with E-state index in [0.29, 0.717) is 16.1 Å². The fraction of sp³-hybridized carbons (Fsp3) is 0.300. The second kappa shape index (κ2) is 4.07. The van der Waals surface area contributed by atoms with E-state index in [0.717, 1.165) is 0 Å². The van der Waals surface area contributed by atoms with Gasteiger partial charge in [0.05, 0.1) is 12.1 Å². The average Bonchev–Trinajstić information content (AvgIpc) is 2.15. The summed E-state index contributed by atoms with van der Waals surface area (Å²) in [7, 11) is 0. The molecule has 0 aliphatic rings. The molecule has 2 nitrogen and oxygen atoms in total. The summed E-state index contributed by atoms with van der Waals surface area (Å²) < 4.78 is 13.5. The van der Waals surface area contributed by atoms with Crippen LogP contribution in [0, 0.1) is 19.7 Å². The lowest BCUT2D eigenvalue weighted by Crippen LogP contribution is -2.17. The fourth-order valence-electron chi connectivity index (χ4n) is 1.28. The third-order valence-corrected chi connectivity index (χ3v) is 2.50. The summed E-state index contributed by atoms with van der Waals surface area (Å²) in [5.41, 5.74) is 6.00. The Morgan fingerprint density at radius 2 is 2.14 bits per heavy atom. The fourth-order valence-corrected chi connectivity index (χ4v) is 1.53. The molecule has 0 unspecified atom stereocenters. The second-order valence-electron chi connectivity index (χ2n) is 3.12. The van der Waals surface area contributed by atoms with Gasteiger partial charge in [0.15, 0.2) is 5.78 Å². The molecule has 2 N–H and O–H groups in total. The van der Waals surface area contributed by atoms with Crippen LogP contribution in [0.1, 0.15) is 21.5 Å². The van der Waals surface area contributed by atoms with E-state index in [1.165, 1.54) is 6.07 Å². The number of ketones is 1. The van der Waals surface area contributed by atoms with E-state index in [1.807, 2.05) is 0 Å². The maximum Gasteiger partial charge on any atom is 0.179 e. The molecule has 1 rings (SSSR count). The largest absolute Gasteiger partial charge is 0.324 e. The Hall–Kier alpha value is -0.930. The van der Waals surface area contributed by atoms with Gasteiger partial charge in [-0.05, 0) is 31.0 Å². The molecule has 4 heteroatoms. The van der Waals surface area contributed by atoms with E-state index in [9.17, 15) is 9.18 Å². The number of carbonyl (C=O) groups is 1. The summed E-state index contributed by atoms with van der Waals surface area (Å²) >= 11 is 5.83. The Morgan fingerprint density at radius 1 is 1.57 bits per heavy atom. The lowest BCUT2D eigenvalue weighted by atomic mass is 10.0. The topological polar surface area (TPSA) is 43.1 Å². The van der Waals surface area contributed by atoms with Gasteiger partial charge >= 0.3 is 0 Å². The first-order chi connectivity index (χ1) is 6.49. The number of hydrogen-bond donors (Lipinski definition) is 1. The highest BCUT2D eigenvalue weighted by atomic mass is 35.5. The van der Waals surface area contributed by atoms with Gasteiger partial charge in [0.2, 0.25) is 0 Å². The van der Waals surface area contributed by atoms with Crippen molar-refractivity contribution in [1.82, 2.24) is 0 Å². The highest BCUT2D eigenvalue weighted by molar-refractivity contribution is 6.32. The van der Waals surface area contributed by atoms with Crippen LogP contribution in [0.15, 0.2) is 6.07 Å². The molecule has 0 radical (unpaired) electrons. The number of carbonyl (C=O) groups excluding carboxylic acids is 1. The molecule has 0 fully saturated rings. The minimum absolute atomic E-state index is 0.0116. The lowest BCUT2D eigenvalue weighted by Gasteiger charge is -2.09. The number of halogens is 2. The van der Waals surface area contributed by atoms with Crippen LogP contribution in [0.4, 0.5) is 4.39 Å². The predicted molar refractivity (Wildman–Crippen MR) is 54.3 cm³/mol. The van der Waals surface area contributed by atoms with Crippen molar-refractivity contribution >= 4 is 17.4 Å². The number of rotatable bonds is 2. The summed E-state index contributed by atoms with van der Waals surface area (Å²) in [5.74, 6) is -0.951. The smallest absolute Gasteiger partial charge is 0.179 e. The van der Waals surface area contributed by atoms with Crippen LogP contribution in [0.2, 0.25) is 5.02 Å². The summed E-state index contributed by atoms with van der Waals surface area (Å²) in [6.45, 7) is 2.96. The van der Waals surface area contributed by atoms with Gasteiger partial charge in [-0.1, -0.05) is 11.6 Å². The zero-order chi connectivity index (χ0) is 10.9. The number of hydrogen-bond acceptors (Lipinski definition) is 2. The molecule has 0 heterocycles. The molecular weight excluding hydrogens is 205 g/mol. The van der Waals surface area contributed by atoms with Crippen LogP contribution in [-0.4, -0.2) is 12.3 Å². The summed E-state index contributed by atoms with van der Waals surface area (Å²) in [6, 6.07) is 1.50. The van der Waals surface area contributed by atoms with E-state index >= 15 is 0 Å². The highest BCUT2D eigenvalue weighted by Crippen LogP contribution is 2.25. The highest BCUT2D eigenvalue weighted by Gasteiger charge is 2.17. The Kier molecular flexibility index (Phi) is 3.24. The molecule has 1 aromatic carbocycles. The normalized spacial score (nSPS) is 10.4. The first-order valence-corrected chi connectivity index (χ1v) is 4.55. The number of benzene rings is 1. The molecular formula is C10H11ClFNO. The molecule has 0 saturated carbocycles. The maximum absolute atomic E-state index is 13.5. The Labute approximate surface area is 86.9 Å². The van der Waals surface area contributed by atoms with Gasteiger partial charge in [0.1, 0.15) is 5.82 Å². The van der Waals surface area contributed by atoms with Crippen molar-refractivity contribution in [3.05, 3.63) is 33.6 Å². The van der Waals surface area contributed by atoms with Crippen molar-refractivity contribution in [3.63, 3.8) is 0 Å². The number of Topliss-reactive ketones (excluding diaryl/α,β-unsaturated/α-hetero) is 1. The summed E-state index contributed by atoms with van der Waals surface area (Å²) in [5, 5.41) is 0.390. The van der Waals surface area contributed by atoms with Crippen molar-refractivity contribution in [2.24, 2.45) is 5.73 Å². The van der Waals surface area contributed by atoms with Gasteiger partial charge in [-0.25, -0.2) is 4.39 Å². The number of nitrogens with two attached hydrogens (primary N) is 1. The average molecular weight is 216 g/mol. The van der Waals surface area contributed by atoms with Gasteiger partial charge < -0.3 is 5.73 Å². The van der Waals surface area contributed by atoms with Gasteiger partial charge in [-0.3, -0.25) is 4.79 Å². The number of aryl methyl sites for hydroxylation is 1. The SMILES string of the molecule is Cc1cc(Cl)c(C)c(C(=O)CN)c1F. The van der Waals surface area contributed by atoms with Crippen molar-refractivity contribution in [2.75, 3.05) is 6.54 Å². The molecule has 0 atom stereocenters. The molecule has 0 aliphatic heterocycles. The zero-order valence-electron chi connectivity index (χ0n) is 8.03. The molecule has 0 amide bonds. The molecule has 1 aromatic rings. The van der Waals surface area contributed by atoms with Gasteiger partial charge in [-0.2, -0.15) is 0 Å². The van der Waals surface area contributed by atoms with Crippen molar-refractivity contribution in [3.8, 4) is 0 Å². The minimum atomic E-state index is -0.526. The molecule has 76 valence electrons. The maximum atomic E-state index is 13.5. The molecule has 0 aromatic heterocycles. The monoisotopic (exact) mass is 215 g/mol. The third-order valence-electron chi connectivity index (χ3n) is 2.11. The van der Waals surface area contributed by atoms with Crippen LogP contribution in [-0.2, 0) is 0 Å². The van der Waals surface area contributed by atoms with Crippen LogP contribution >= 0.6 is 11.6 Å². The van der Waals surface area contributed by atoms with E-state index in [4.69, 9.17) is 17.3 Å². The molecule has 0 spiro atoms. The summed E-state index contributed by atoms with van der Waals surface area (Å²) in [6.07, 6.45) is 0. The van der Waals surface area contributed by atoms with Gasteiger partial charge in [0, 0.05) is 5.02 Å². The zero-order valence-corrected chi connectivity index (χ0v) is 8.78. The van der Waals surface area contributed by atoms with Crippen molar-refractivity contribution in [1.29, 1.82) is 0 Å². The Morgan fingerprint density at radius 3 is 2.64 bits per heavy atom. The molecule has 0 saturated heterocycles. The van der Waals surface area contributed by atoms with Crippen LogP contribution < -0.4 is 5.73 Å². The molecule has 0 bridgehead atoms. The van der Waals surface area contributed by atoms with E-state index in [1.54, 1.807) is 13.8 Å². The molecule has 0 aliphatic carbocycles. The lowest BCUT2D eigenvalue weighted by molar-refractivity contribution is 0.0997. The van der Waals surface area contributed by atoms with Crippen LogP contribution in [0.25, 0.3) is 0 Å². The van der Waals surface area contributed by atoms with Crippen molar-refractivity contribution in [2.45, 2.75) is 13.8 Å². The molecule has 14 heavy (non-hydrogen) atoms. The third kappa shape index (κ3) is 1.79. The quantitative estimate of drug-likeness (QED) is 0.769. The van der Waals surface area contributed by atoms with Gasteiger partial charge in [0.25, 0.3) is 0 Å². The minimum Gasteiger partial charge on any atom is -0.324 e. The summed E-state index contributed by atoms with van der Waals surface area (Å²) in [4.78, 5) is 11.3. The first kappa shape index (κ1) is 11.1.